The molecule has 1 amide bonds. The molecule has 4 nitrogen and oxygen atoms in total. The summed E-state index contributed by atoms with van der Waals surface area (Å²) in [6.07, 6.45) is 2.94. The lowest BCUT2D eigenvalue weighted by Crippen LogP contribution is -2.60. The van der Waals surface area contributed by atoms with Crippen molar-refractivity contribution in [3.05, 3.63) is 70.3 Å². The van der Waals surface area contributed by atoms with Crippen molar-refractivity contribution in [1.29, 1.82) is 5.26 Å². The van der Waals surface area contributed by atoms with Gasteiger partial charge in [-0.3, -0.25) is 9.69 Å². The molecule has 0 radical (unpaired) electrons. The number of piperazine rings is 1. The van der Waals surface area contributed by atoms with E-state index in [1.54, 1.807) is 24.1 Å². The number of benzene rings is 2. The Kier molecular flexibility index (Phi) is 4.54. The van der Waals surface area contributed by atoms with Crippen molar-refractivity contribution in [2.24, 2.45) is 0 Å². The molecule has 0 spiro atoms. The number of amides is 1. The van der Waals surface area contributed by atoms with Gasteiger partial charge in [0.15, 0.2) is 6.19 Å². The summed E-state index contributed by atoms with van der Waals surface area (Å²) in [6.45, 7) is 1.85. The molecule has 0 bridgehead atoms. The number of fused-ring (bicyclic) bond motifs is 2. The van der Waals surface area contributed by atoms with Crippen LogP contribution in [0.4, 0.5) is 8.78 Å². The van der Waals surface area contributed by atoms with Gasteiger partial charge in [0.05, 0.1) is 12.1 Å². The van der Waals surface area contributed by atoms with E-state index in [0.29, 0.717) is 24.0 Å². The topological polar surface area (TPSA) is 47.3 Å². The maximum atomic E-state index is 14.7. The lowest BCUT2D eigenvalue weighted by Gasteiger charge is -2.46. The molecule has 2 aliphatic rings. The summed E-state index contributed by atoms with van der Waals surface area (Å²) in [5.41, 5.74) is 2.66. The van der Waals surface area contributed by atoms with Crippen LogP contribution in [0.1, 0.15) is 35.1 Å². The largest absolute Gasteiger partial charge is 0.339 e. The van der Waals surface area contributed by atoms with Crippen molar-refractivity contribution in [2.75, 3.05) is 13.6 Å². The molecule has 2 aromatic carbocycles. The molecule has 0 aromatic heterocycles. The average Bonchev–Trinajstić information content (AvgIpc) is 2.85. The third-order valence-electron chi connectivity index (χ3n) is 6.24. The van der Waals surface area contributed by atoms with Crippen LogP contribution in [0.2, 0.25) is 0 Å². The molecule has 4 rings (SSSR count). The average molecular weight is 381 g/mol. The van der Waals surface area contributed by atoms with Gasteiger partial charge in [0, 0.05) is 13.0 Å². The molecular weight excluding hydrogens is 360 g/mol. The second-order valence-electron chi connectivity index (χ2n) is 7.56. The Balaban J connectivity index is 1.97. The van der Waals surface area contributed by atoms with E-state index in [-0.39, 0.29) is 30.1 Å². The number of hydrogen-bond donors (Lipinski definition) is 0. The monoisotopic (exact) mass is 381 g/mol. The van der Waals surface area contributed by atoms with E-state index in [0.717, 1.165) is 11.1 Å². The molecule has 0 unspecified atom stereocenters. The van der Waals surface area contributed by atoms with E-state index in [4.69, 9.17) is 0 Å². The number of carbonyl (C=O) groups is 1. The smallest absolute Gasteiger partial charge is 0.242 e. The molecule has 1 heterocycles. The van der Waals surface area contributed by atoms with Gasteiger partial charge in [-0.25, -0.2) is 8.78 Å². The van der Waals surface area contributed by atoms with Crippen LogP contribution in [-0.2, 0) is 17.6 Å². The normalized spacial score (nSPS) is 22.3. The lowest BCUT2D eigenvalue weighted by atomic mass is 9.78. The second kappa shape index (κ2) is 6.90. The highest BCUT2D eigenvalue weighted by Crippen LogP contribution is 2.42. The van der Waals surface area contributed by atoms with Crippen molar-refractivity contribution in [3.63, 3.8) is 0 Å². The van der Waals surface area contributed by atoms with Gasteiger partial charge in [0.25, 0.3) is 0 Å². The van der Waals surface area contributed by atoms with Crippen LogP contribution in [0.5, 0.6) is 0 Å². The molecule has 2 aromatic rings. The van der Waals surface area contributed by atoms with Gasteiger partial charge in [-0.15, -0.1) is 0 Å². The van der Waals surface area contributed by atoms with Crippen molar-refractivity contribution in [3.8, 4) is 6.19 Å². The van der Waals surface area contributed by atoms with Gasteiger partial charge in [0.2, 0.25) is 5.91 Å². The van der Waals surface area contributed by atoms with Gasteiger partial charge in [-0.05, 0) is 54.2 Å². The summed E-state index contributed by atoms with van der Waals surface area (Å²) in [4.78, 5) is 15.4. The first-order valence-electron chi connectivity index (χ1n) is 9.40. The Hall–Kier alpha value is -2.94. The number of nitriles is 1. The molecule has 144 valence electrons. The molecule has 28 heavy (non-hydrogen) atoms. The van der Waals surface area contributed by atoms with Crippen LogP contribution in [0.15, 0.2) is 36.4 Å². The van der Waals surface area contributed by atoms with Crippen LogP contribution < -0.4 is 0 Å². The molecule has 1 aliphatic carbocycles. The third kappa shape index (κ3) is 2.73. The Morgan fingerprint density at radius 1 is 1.04 bits per heavy atom. The summed E-state index contributed by atoms with van der Waals surface area (Å²) in [5.74, 6) is -1.18. The summed E-state index contributed by atoms with van der Waals surface area (Å²) in [6, 6.07) is 9.18. The summed E-state index contributed by atoms with van der Waals surface area (Å²) in [5, 5.41) is 9.75. The van der Waals surface area contributed by atoms with Crippen LogP contribution in [0.3, 0.4) is 0 Å². The highest BCUT2D eigenvalue weighted by atomic mass is 19.1. The molecule has 1 saturated heterocycles. The second-order valence-corrected chi connectivity index (χ2v) is 7.56. The minimum atomic E-state index is -0.413. The van der Waals surface area contributed by atoms with Crippen molar-refractivity contribution in [2.45, 2.75) is 37.8 Å². The predicted molar refractivity (Wildman–Crippen MR) is 100 cm³/mol. The quantitative estimate of drug-likeness (QED) is 0.713. The first-order valence-corrected chi connectivity index (χ1v) is 9.40. The van der Waals surface area contributed by atoms with E-state index in [1.807, 2.05) is 19.1 Å². The highest BCUT2D eigenvalue weighted by Gasteiger charge is 2.44. The van der Waals surface area contributed by atoms with Crippen LogP contribution in [-0.4, -0.2) is 41.4 Å². The zero-order valence-electron chi connectivity index (χ0n) is 15.8. The maximum absolute atomic E-state index is 14.7. The zero-order valence-corrected chi connectivity index (χ0v) is 15.8. The first-order chi connectivity index (χ1) is 13.4. The third-order valence-corrected chi connectivity index (χ3v) is 6.24. The number of nitrogens with zero attached hydrogens (tertiary/aromatic N) is 3. The molecule has 6 heteroatoms. The fourth-order valence-electron chi connectivity index (χ4n) is 4.69. The number of halogens is 2. The lowest BCUT2D eigenvalue weighted by molar-refractivity contribution is -0.138. The van der Waals surface area contributed by atoms with Gasteiger partial charge in [0.1, 0.15) is 18.2 Å². The van der Waals surface area contributed by atoms with E-state index in [2.05, 4.69) is 6.19 Å². The molecule has 0 N–H and O–H groups in total. The van der Waals surface area contributed by atoms with Crippen molar-refractivity contribution < 1.29 is 13.6 Å². The Bertz CT molecular complexity index is 931. The first kappa shape index (κ1) is 18.4. The van der Waals surface area contributed by atoms with E-state index in [9.17, 15) is 18.8 Å². The number of hydrogen-bond acceptors (Lipinski definition) is 3. The zero-order chi connectivity index (χ0) is 20.0. The molecule has 0 saturated carbocycles. The Morgan fingerprint density at radius 3 is 2.07 bits per heavy atom. The van der Waals surface area contributed by atoms with Gasteiger partial charge < -0.3 is 4.90 Å². The minimum Gasteiger partial charge on any atom is -0.339 e. The fraction of sp³-hybridized carbons (Fsp3) is 0.364. The van der Waals surface area contributed by atoms with Crippen molar-refractivity contribution in [1.82, 2.24) is 9.80 Å². The van der Waals surface area contributed by atoms with Crippen LogP contribution in [0.25, 0.3) is 0 Å². The Morgan fingerprint density at radius 2 is 1.57 bits per heavy atom. The number of likely N-dealkylation sites (N-methyl/N-ethyl adjacent to an activating group) is 1. The van der Waals surface area contributed by atoms with Gasteiger partial charge in [-0.2, -0.15) is 5.26 Å². The minimum absolute atomic E-state index is 0.0339. The summed E-state index contributed by atoms with van der Waals surface area (Å²) >= 11 is 0. The Labute approximate surface area is 163 Å². The highest BCUT2D eigenvalue weighted by molar-refractivity contribution is 5.79. The van der Waals surface area contributed by atoms with Crippen molar-refractivity contribution >= 4 is 5.91 Å². The van der Waals surface area contributed by atoms with E-state index < -0.39 is 12.0 Å². The summed E-state index contributed by atoms with van der Waals surface area (Å²) in [7, 11) is 1.71. The summed E-state index contributed by atoms with van der Waals surface area (Å²) < 4.78 is 29.4. The van der Waals surface area contributed by atoms with Gasteiger partial charge in [-0.1, -0.05) is 24.3 Å². The van der Waals surface area contributed by atoms with Gasteiger partial charge >= 0.3 is 0 Å². The SMILES string of the molecule is C[C@H]1[C@H](C2c3cccc(F)c3CCc3c(F)cccc32)N(C#N)CC(=O)N1C. The fourth-order valence-corrected chi connectivity index (χ4v) is 4.69. The molecular formula is C22H21F2N3O. The molecule has 2 atom stereocenters. The molecule has 1 fully saturated rings. The van der Waals surface area contributed by atoms with E-state index >= 15 is 0 Å². The van der Waals surface area contributed by atoms with E-state index in [1.165, 1.54) is 17.0 Å². The number of rotatable bonds is 1. The molecule has 1 aliphatic heterocycles. The predicted octanol–water partition coefficient (Wildman–Crippen LogP) is 3.21. The maximum Gasteiger partial charge on any atom is 0.242 e. The van der Waals surface area contributed by atoms with Crippen LogP contribution >= 0.6 is 0 Å². The van der Waals surface area contributed by atoms with Crippen LogP contribution in [0, 0.1) is 23.1 Å². The standard InChI is InChI=1S/C22H21F2N3O/c1-13-22(27(12-25)11-20(28)26(13)2)21-16-5-3-7-18(23)14(16)9-10-15-17(21)6-4-8-19(15)24/h3-8,13,21-22H,9-11H2,1-2H3/t13-,22+/m0/s1. The number of carbonyl (C=O) groups excluding carboxylic acids is 1.